The van der Waals surface area contributed by atoms with Gasteiger partial charge in [0.25, 0.3) is 0 Å². The van der Waals surface area contributed by atoms with E-state index in [1.807, 2.05) is 13.8 Å². The number of nitrogens with zero attached hydrogens (tertiary/aromatic N) is 1. The number of hydroxylamine groups is 2. The van der Waals surface area contributed by atoms with Crippen LogP contribution in [0.3, 0.4) is 0 Å². The first-order chi connectivity index (χ1) is 7.32. The third-order valence-corrected chi connectivity index (χ3v) is 5.74. The van der Waals surface area contributed by atoms with Gasteiger partial charge in [-0.05, 0) is 50.4 Å². The van der Waals surface area contributed by atoms with E-state index in [-0.39, 0.29) is 11.0 Å². The summed E-state index contributed by atoms with van der Waals surface area (Å²) in [5.74, 6) is 1.26. The fraction of sp³-hybridized carbons (Fsp3) is 1.00. The number of hydrogen-bond acceptors (Lipinski definition) is 2. The summed E-state index contributed by atoms with van der Waals surface area (Å²) < 4.78 is 5.79. The zero-order valence-corrected chi connectivity index (χ0v) is 10.7. The minimum atomic E-state index is -0.637. The van der Waals surface area contributed by atoms with Crippen LogP contribution in [0.5, 0.6) is 0 Å². The lowest BCUT2D eigenvalue weighted by Crippen LogP contribution is -2.61. The smallest absolute Gasteiger partial charge is 0.142 e. The lowest BCUT2D eigenvalue weighted by molar-refractivity contribution is -0.307. The molecule has 1 radical (unpaired) electrons. The van der Waals surface area contributed by atoms with Crippen molar-refractivity contribution in [1.82, 2.24) is 5.06 Å². The Hall–Kier alpha value is -0.120. The van der Waals surface area contributed by atoms with Crippen LogP contribution >= 0.6 is 0 Å². The Morgan fingerprint density at radius 3 is 2.19 bits per heavy atom. The summed E-state index contributed by atoms with van der Waals surface area (Å²) in [4.78, 5) is 0. The van der Waals surface area contributed by atoms with Crippen LogP contribution in [0.2, 0.25) is 0 Å². The molecule has 0 aromatic carbocycles. The molecule has 0 aromatic rings. The molecular formula is C13H22NO2. The molecule has 2 saturated carbocycles. The third kappa shape index (κ3) is 0.964. The SMILES string of the molecule is CC1(C)OCC2(C3CCC(C3)C2(C)C)N1[O]. The van der Waals surface area contributed by atoms with Crippen LogP contribution in [0.4, 0.5) is 0 Å². The molecular weight excluding hydrogens is 202 g/mol. The summed E-state index contributed by atoms with van der Waals surface area (Å²) in [6, 6.07) is 0. The fourth-order valence-corrected chi connectivity index (χ4v) is 4.57. The zero-order valence-electron chi connectivity index (χ0n) is 10.7. The van der Waals surface area contributed by atoms with E-state index in [4.69, 9.17) is 4.74 Å². The number of ether oxygens (including phenoxy) is 1. The number of hydrogen-bond donors (Lipinski definition) is 0. The maximum Gasteiger partial charge on any atom is 0.142 e. The highest BCUT2D eigenvalue weighted by atomic mass is 16.6. The topological polar surface area (TPSA) is 32.4 Å². The quantitative estimate of drug-likeness (QED) is 0.633. The van der Waals surface area contributed by atoms with Crippen molar-refractivity contribution >= 4 is 0 Å². The molecule has 3 fully saturated rings. The molecule has 2 bridgehead atoms. The van der Waals surface area contributed by atoms with Crippen LogP contribution < -0.4 is 0 Å². The first-order valence-electron chi connectivity index (χ1n) is 6.44. The molecule has 3 rings (SSSR count). The van der Waals surface area contributed by atoms with E-state index in [1.165, 1.54) is 24.3 Å². The Bertz CT molecular complexity index is 326. The molecule has 3 aliphatic rings. The van der Waals surface area contributed by atoms with Gasteiger partial charge in [-0.1, -0.05) is 13.8 Å². The summed E-state index contributed by atoms with van der Waals surface area (Å²) in [5.41, 5.74) is -0.785. The van der Waals surface area contributed by atoms with Gasteiger partial charge in [-0.15, -0.1) is 10.3 Å². The van der Waals surface area contributed by atoms with Crippen LogP contribution in [-0.4, -0.2) is 22.9 Å². The molecule has 3 unspecified atom stereocenters. The summed E-state index contributed by atoms with van der Waals surface area (Å²) >= 11 is 0. The molecule has 2 aliphatic carbocycles. The maximum absolute atomic E-state index is 12.6. The predicted molar refractivity (Wildman–Crippen MR) is 59.9 cm³/mol. The summed E-state index contributed by atoms with van der Waals surface area (Å²) in [7, 11) is 0. The van der Waals surface area contributed by atoms with Crippen molar-refractivity contribution in [3.8, 4) is 0 Å². The van der Waals surface area contributed by atoms with E-state index >= 15 is 0 Å². The number of rotatable bonds is 0. The van der Waals surface area contributed by atoms with Crippen molar-refractivity contribution in [2.45, 2.75) is 58.2 Å². The zero-order chi connectivity index (χ0) is 11.8. The maximum atomic E-state index is 12.6. The summed E-state index contributed by atoms with van der Waals surface area (Å²) in [5, 5.41) is 13.9. The van der Waals surface area contributed by atoms with Gasteiger partial charge in [-0.3, -0.25) is 0 Å². The van der Waals surface area contributed by atoms with Crippen LogP contribution in [0.15, 0.2) is 0 Å². The Morgan fingerprint density at radius 2 is 1.75 bits per heavy atom. The van der Waals surface area contributed by atoms with Gasteiger partial charge in [0, 0.05) is 0 Å². The minimum Gasteiger partial charge on any atom is -0.357 e. The molecule has 16 heavy (non-hydrogen) atoms. The molecule has 1 aliphatic heterocycles. The van der Waals surface area contributed by atoms with Crippen molar-refractivity contribution in [1.29, 1.82) is 0 Å². The second-order valence-electron chi connectivity index (χ2n) is 6.88. The molecule has 0 amide bonds. The highest BCUT2D eigenvalue weighted by molar-refractivity contribution is 5.18. The standard InChI is InChI=1S/C13H22NO2/c1-11(2)9-5-6-10(7-9)13(11)8-16-12(3,4)14(13)15/h9-10H,5-8H2,1-4H3. The van der Waals surface area contributed by atoms with Crippen LogP contribution in [0, 0.1) is 17.3 Å². The highest BCUT2D eigenvalue weighted by Gasteiger charge is 2.71. The average molecular weight is 224 g/mol. The van der Waals surface area contributed by atoms with Crippen molar-refractivity contribution in [2.75, 3.05) is 6.61 Å². The van der Waals surface area contributed by atoms with Crippen molar-refractivity contribution in [3.63, 3.8) is 0 Å². The van der Waals surface area contributed by atoms with Crippen LogP contribution in [0.25, 0.3) is 0 Å². The highest BCUT2D eigenvalue weighted by Crippen LogP contribution is 2.66. The van der Waals surface area contributed by atoms with Crippen LogP contribution in [-0.2, 0) is 9.94 Å². The monoisotopic (exact) mass is 224 g/mol. The number of fused-ring (bicyclic) bond motifs is 3. The largest absolute Gasteiger partial charge is 0.357 e. The average Bonchev–Trinajstić information content (AvgIpc) is 2.78. The first kappa shape index (κ1) is 11.0. The molecule has 3 heteroatoms. The Labute approximate surface area is 97.7 Å². The van der Waals surface area contributed by atoms with E-state index in [1.54, 1.807) is 0 Å². The Kier molecular flexibility index (Phi) is 1.94. The second kappa shape index (κ2) is 2.82. The molecule has 3 atom stereocenters. The van der Waals surface area contributed by atoms with Gasteiger partial charge in [0.1, 0.15) is 5.72 Å². The molecule has 1 saturated heterocycles. The minimum absolute atomic E-state index is 0.103. The predicted octanol–water partition coefficient (Wildman–Crippen LogP) is 2.60. The lowest BCUT2D eigenvalue weighted by Gasteiger charge is -2.49. The first-order valence-corrected chi connectivity index (χ1v) is 6.44. The van der Waals surface area contributed by atoms with Gasteiger partial charge >= 0.3 is 0 Å². The van der Waals surface area contributed by atoms with Gasteiger partial charge in [0.2, 0.25) is 0 Å². The molecule has 0 aromatic heterocycles. The molecule has 3 nitrogen and oxygen atoms in total. The van der Waals surface area contributed by atoms with E-state index in [9.17, 15) is 5.21 Å². The summed E-state index contributed by atoms with van der Waals surface area (Å²) in [6.45, 7) is 8.96. The van der Waals surface area contributed by atoms with E-state index < -0.39 is 5.72 Å². The second-order valence-corrected chi connectivity index (χ2v) is 6.88. The molecule has 1 spiro atoms. The van der Waals surface area contributed by atoms with E-state index in [2.05, 4.69) is 13.8 Å². The molecule has 1 heterocycles. The van der Waals surface area contributed by atoms with E-state index in [0.717, 1.165) is 0 Å². The van der Waals surface area contributed by atoms with Gasteiger partial charge in [0.05, 0.1) is 12.1 Å². The Morgan fingerprint density at radius 1 is 1.12 bits per heavy atom. The third-order valence-electron chi connectivity index (χ3n) is 5.74. The van der Waals surface area contributed by atoms with Crippen molar-refractivity contribution in [3.05, 3.63) is 0 Å². The van der Waals surface area contributed by atoms with Crippen molar-refractivity contribution in [2.24, 2.45) is 17.3 Å². The van der Waals surface area contributed by atoms with E-state index in [0.29, 0.717) is 18.4 Å². The van der Waals surface area contributed by atoms with Gasteiger partial charge in [0.15, 0.2) is 0 Å². The van der Waals surface area contributed by atoms with Crippen molar-refractivity contribution < 1.29 is 9.94 Å². The summed E-state index contributed by atoms with van der Waals surface area (Å²) in [6.07, 6.45) is 3.74. The lowest BCUT2D eigenvalue weighted by atomic mass is 9.63. The van der Waals surface area contributed by atoms with Gasteiger partial charge in [-0.25, -0.2) is 0 Å². The molecule has 91 valence electrons. The van der Waals surface area contributed by atoms with Crippen LogP contribution in [0.1, 0.15) is 47.0 Å². The van der Waals surface area contributed by atoms with Gasteiger partial charge in [-0.2, -0.15) is 0 Å². The normalized spacial score (nSPS) is 49.3. The van der Waals surface area contributed by atoms with Gasteiger partial charge < -0.3 is 4.74 Å². The Balaban J connectivity index is 2.06. The molecule has 0 N–H and O–H groups in total. The fourth-order valence-electron chi connectivity index (χ4n) is 4.57.